The fourth-order valence-corrected chi connectivity index (χ4v) is 7.24. The van der Waals surface area contributed by atoms with Gasteiger partial charge in [0.25, 0.3) is 11.6 Å². The van der Waals surface area contributed by atoms with Gasteiger partial charge in [0.2, 0.25) is 0 Å². The van der Waals surface area contributed by atoms with Crippen molar-refractivity contribution in [3.05, 3.63) is 133 Å². The van der Waals surface area contributed by atoms with E-state index >= 15 is 0 Å². The molecule has 4 aromatic rings. The maximum Gasteiger partial charge on any atom is 0.330 e. The minimum Gasteiger partial charge on any atom is -0.479 e. The Bertz CT molecular complexity index is 1670. The smallest absolute Gasteiger partial charge is 0.330 e. The minimum atomic E-state index is -1.87. The van der Waals surface area contributed by atoms with Crippen molar-refractivity contribution in [3.8, 4) is 0 Å². The van der Waals surface area contributed by atoms with Crippen LogP contribution in [-0.2, 0) is 4.79 Å². The fourth-order valence-electron chi connectivity index (χ4n) is 6.05. The van der Waals surface area contributed by atoms with Gasteiger partial charge in [-0.25, -0.2) is 4.79 Å². The Balaban J connectivity index is 1.86. The number of thiophene rings is 1. The van der Waals surface area contributed by atoms with Gasteiger partial charge in [-0.1, -0.05) is 54.6 Å². The summed E-state index contributed by atoms with van der Waals surface area (Å²) in [5.41, 5.74) is 0.406. The Labute approximate surface area is 241 Å². The molecule has 0 bridgehead atoms. The van der Waals surface area contributed by atoms with Gasteiger partial charge in [0.1, 0.15) is 5.54 Å². The van der Waals surface area contributed by atoms with Crippen molar-refractivity contribution in [2.45, 2.75) is 38.3 Å². The number of likely N-dealkylation sites (tertiary alicyclic amines) is 1. The summed E-state index contributed by atoms with van der Waals surface area (Å²) in [4.78, 5) is 55.6. The van der Waals surface area contributed by atoms with Crippen LogP contribution in [0.5, 0.6) is 0 Å². The molecular weight excluding hydrogens is 540 g/mol. The molecule has 1 aromatic heterocycles. The number of carboxylic acids is 1. The summed E-state index contributed by atoms with van der Waals surface area (Å²) in [5, 5.41) is 24.5. The number of aliphatic carboxylic acids is 1. The van der Waals surface area contributed by atoms with Crippen molar-refractivity contribution >= 4 is 34.7 Å². The largest absolute Gasteiger partial charge is 0.479 e. The molecule has 0 aliphatic carbocycles. The average Bonchev–Trinajstić information content (AvgIpc) is 3.51. The standard InChI is InChI=1S/C32H28N2O6S/c1-19-10-7-8-15-24(19)28(35)25-26(29-20(2)16-17-41-29)32(3,31(37)38)33(30(36)21-11-5-4-6-12-21)27(25)22-13-9-14-23(18-22)34(39)40/h4-18,25-27H,1-3H3,(H,37,38). The highest BCUT2D eigenvalue weighted by atomic mass is 32.1. The zero-order chi connectivity index (χ0) is 29.5. The lowest BCUT2D eigenvalue weighted by Gasteiger charge is -2.37. The van der Waals surface area contributed by atoms with Gasteiger partial charge in [-0.2, -0.15) is 0 Å². The van der Waals surface area contributed by atoms with Crippen LogP contribution in [0.15, 0.2) is 90.3 Å². The average molecular weight is 569 g/mol. The van der Waals surface area contributed by atoms with Crippen molar-refractivity contribution in [1.82, 2.24) is 4.90 Å². The summed E-state index contributed by atoms with van der Waals surface area (Å²) in [6, 6.07) is 21.9. The van der Waals surface area contributed by atoms with Crippen LogP contribution in [0.1, 0.15) is 61.2 Å². The van der Waals surface area contributed by atoms with Gasteiger partial charge in [-0.05, 0) is 61.0 Å². The topological polar surface area (TPSA) is 118 Å². The summed E-state index contributed by atoms with van der Waals surface area (Å²) in [5.74, 6) is -4.16. The quantitative estimate of drug-likeness (QED) is 0.153. The molecule has 1 fully saturated rings. The van der Waals surface area contributed by atoms with E-state index in [2.05, 4.69) is 0 Å². The molecule has 0 spiro atoms. The van der Waals surface area contributed by atoms with E-state index < -0.39 is 40.2 Å². The third kappa shape index (κ3) is 4.62. The van der Waals surface area contributed by atoms with Crippen LogP contribution in [0.4, 0.5) is 5.69 Å². The molecule has 4 unspecified atom stereocenters. The number of carbonyl (C=O) groups is 3. The highest BCUT2D eigenvalue weighted by Gasteiger charge is 2.65. The van der Waals surface area contributed by atoms with E-state index in [0.29, 0.717) is 21.6 Å². The van der Waals surface area contributed by atoms with Crippen LogP contribution in [-0.4, -0.2) is 38.1 Å². The Morgan fingerprint density at radius 2 is 1.61 bits per heavy atom. The van der Waals surface area contributed by atoms with Crippen LogP contribution < -0.4 is 0 Å². The van der Waals surface area contributed by atoms with Gasteiger partial charge in [-0.15, -0.1) is 11.3 Å². The molecule has 41 heavy (non-hydrogen) atoms. The number of nitro groups is 1. The van der Waals surface area contributed by atoms with Crippen molar-refractivity contribution in [1.29, 1.82) is 0 Å². The van der Waals surface area contributed by atoms with Gasteiger partial charge in [0.05, 0.1) is 16.9 Å². The zero-order valence-electron chi connectivity index (χ0n) is 22.7. The first-order chi connectivity index (χ1) is 19.6. The molecule has 1 aliphatic rings. The molecule has 4 atom stereocenters. The maximum atomic E-state index is 14.6. The summed E-state index contributed by atoms with van der Waals surface area (Å²) in [6.45, 7) is 5.14. The lowest BCUT2D eigenvalue weighted by Crippen LogP contribution is -2.54. The predicted molar refractivity (Wildman–Crippen MR) is 155 cm³/mol. The second-order valence-electron chi connectivity index (χ2n) is 10.4. The predicted octanol–water partition coefficient (Wildman–Crippen LogP) is 6.60. The van der Waals surface area contributed by atoms with Crippen molar-refractivity contribution in [3.63, 3.8) is 0 Å². The number of aryl methyl sites for hydroxylation is 2. The number of ketones is 1. The number of carbonyl (C=O) groups excluding carboxylic acids is 2. The first kappa shape index (κ1) is 27.9. The van der Waals surface area contributed by atoms with Gasteiger partial charge in [0, 0.05) is 34.1 Å². The minimum absolute atomic E-state index is 0.218. The molecule has 208 valence electrons. The number of carboxylic acid groups (broad SMARTS) is 1. The Morgan fingerprint density at radius 3 is 2.22 bits per heavy atom. The molecule has 9 heteroatoms. The lowest BCUT2D eigenvalue weighted by atomic mass is 9.73. The van der Waals surface area contributed by atoms with Crippen molar-refractivity contribution in [2.24, 2.45) is 5.92 Å². The second kappa shape index (κ2) is 10.7. The summed E-state index contributed by atoms with van der Waals surface area (Å²) in [6.07, 6.45) is 0. The number of nitro benzene ring substituents is 1. The third-order valence-electron chi connectivity index (χ3n) is 8.08. The Hall–Kier alpha value is -4.63. The number of amides is 1. The molecule has 1 amide bonds. The molecular formula is C32H28N2O6S. The number of hydrogen-bond donors (Lipinski definition) is 1. The Morgan fingerprint density at radius 1 is 0.927 bits per heavy atom. The molecule has 1 aliphatic heterocycles. The van der Waals surface area contributed by atoms with E-state index in [4.69, 9.17) is 0 Å². The number of hydrogen-bond acceptors (Lipinski definition) is 6. The van der Waals surface area contributed by atoms with E-state index in [1.54, 1.807) is 61.5 Å². The first-order valence-corrected chi connectivity index (χ1v) is 14.0. The van der Waals surface area contributed by atoms with Crippen LogP contribution >= 0.6 is 11.3 Å². The molecule has 8 nitrogen and oxygen atoms in total. The van der Waals surface area contributed by atoms with Crippen LogP contribution in [0.2, 0.25) is 0 Å². The summed E-state index contributed by atoms with van der Waals surface area (Å²) in [7, 11) is 0. The first-order valence-electron chi connectivity index (χ1n) is 13.1. The monoisotopic (exact) mass is 568 g/mol. The number of rotatable bonds is 7. The van der Waals surface area contributed by atoms with Crippen molar-refractivity contribution < 1.29 is 24.4 Å². The number of benzene rings is 3. The van der Waals surface area contributed by atoms with Crippen LogP contribution in [0.3, 0.4) is 0 Å². The van der Waals surface area contributed by atoms with E-state index in [1.165, 1.54) is 41.4 Å². The van der Waals surface area contributed by atoms with E-state index in [0.717, 1.165) is 5.56 Å². The van der Waals surface area contributed by atoms with E-state index in [-0.39, 0.29) is 17.0 Å². The summed E-state index contributed by atoms with van der Waals surface area (Å²) >= 11 is 1.34. The van der Waals surface area contributed by atoms with Gasteiger partial charge in [-0.3, -0.25) is 19.7 Å². The van der Waals surface area contributed by atoms with Gasteiger partial charge >= 0.3 is 5.97 Å². The zero-order valence-corrected chi connectivity index (χ0v) is 23.5. The SMILES string of the molecule is Cc1ccccc1C(=O)C1C(c2cccc([N+](=O)[O-])c2)N(C(=O)c2ccccc2)C(C)(C(=O)O)C1c1sccc1C. The van der Waals surface area contributed by atoms with E-state index in [1.807, 2.05) is 24.4 Å². The summed E-state index contributed by atoms with van der Waals surface area (Å²) < 4.78 is 0. The third-order valence-corrected chi connectivity index (χ3v) is 9.18. The molecule has 1 saturated heterocycles. The number of Topliss-reactive ketones (excluding diaryl/α,β-unsaturated/α-hetero) is 1. The molecule has 5 rings (SSSR count). The highest BCUT2D eigenvalue weighted by Crippen LogP contribution is 2.58. The second-order valence-corrected chi connectivity index (χ2v) is 11.4. The molecule has 1 N–H and O–H groups in total. The normalized spacial score (nSPS) is 21.9. The van der Waals surface area contributed by atoms with Crippen LogP contribution in [0.25, 0.3) is 0 Å². The maximum absolute atomic E-state index is 14.6. The fraction of sp³-hybridized carbons (Fsp3) is 0.219. The van der Waals surface area contributed by atoms with E-state index in [9.17, 15) is 29.6 Å². The number of nitrogens with zero attached hydrogens (tertiary/aromatic N) is 2. The highest BCUT2D eigenvalue weighted by molar-refractivity contribution is 7.10. The molecule has 0 saturated carbocycles. The lowest BCUT2D eigenvalue weighted by molar-refractivity contribution is -0.385. The van der Waals surface area contributed by atoms with Gasteiger partial charge in [0.15, 0.2) is 5.78 Å². The van der Waals surface area contributed by atoms with Gasteiger partial charge < -0.3 is 10.0 Å². The molecule has 2 heterocycles. The molecule has 0 radical (unpaired) electrons. The number of non-ortho nitro benzene ring substituents is 1. The van der Waals surface area contributed by atoms with Crippen molar-refractivity contribution in [2.75, 3.05) is 0 Å². The van der Waals surface area contributed by atoms with Crippen LogP contribution in [0, 0.1) is 29.9 Å². The Kier molecular flexibility index (Phi) is 7.31. The molecule has 3 aromatic carbocycles.